The Hall–Kier alpha value is -3.52. The lowest BCUT2D eigenvalue weighted by Crippen LogP contribution is -2.55. The molecule has 3 aromatic rings. The summed E-state index contributed by atoms with van der Waals surface area (Å²) in [5.74, 6) is 0.974. The molecule has 2 amide bonds. The standard InChI is InChI=1S/C30H35BrN2O5/c1-30(2,3)32-29(35)27(15-21-9-7-6-8-10-21)33(19-22-11-13-23(31)14-12-22)28(34)20-38-26-17-24(36-4)16-25(18-26)37-5/h6-14,16-18,27H,15,19-20H2,1-5H3,(H,32,35)/t27-/m0/s1. The molecule has 8 heteroatoms. The molecule has 0 heterocycles. The Morgan fingerprint density at radius 1 is 0.868 bits per heavy atom. The molecule has 0 unspecified atom stereocenters. The van der Waals surface area contributed by atoms with Crippen LogP contribution in [-0.2, 0) is 22.6 Å². The fraction of sp³-hybridized carbons (Fsp3) is 0.333. The first kappa shape index (κ1) is 29.0. The number of halogens is 1. The van der Waals surface area contributed by atoms with Crippen LogP contribution >= 0.6 is 15.9 Å². The number of carbonyl (C=O) groups is 2. The number of nitrogens with zero attached hydrogens (tertiary/aromatic N) is 1. The molecule has 0 saturated carbocycles. The summed E-state index contributed by atoms with van der Waals surface area (Å²) in [6.07, 6.45) is 0.359. The van der Waals surface area contributed by atoms with Crippen LogP contribution in [0.15, 0.2) is 77.3 Å². The fourth-order valence-corrected chi connectivity index (χ4v) is 4.15. The molecule has 38 heavy (non-hydrogen) atoms. The molecule has 0 aromatic heterocycles. The number of amides is 2. The second-order valence-corrected chi connectivity index (χ2v) is 10.8. The SMILES string of the molecule is COc1cc(OC)cc(OCC(=O)N(Cc2ccc(Br)cc2)[C@@H](Cc2ccccc2)C(=O)NC(C)(C)C)c1. The van der Waals surface area contributed by atoms with Crippen LogP contribution in [0.25, 0.3) is 0 Å². The molecule has 7 nitrogen and oxygen atoms in total. The number of methoxy groups -OCH3 is 2. The smallest absolute Gasteiger partial charge is 0.261 e. The summed E-state index contributed by atoms with van der Waals surface area (Å²) in [7, 11) is 3.09. The Balaban J connectivity index is 1.93. The number of hydrogen-bond donors (Lipinski definition) is 1. The summed E-state index contributed by atoms with van der Waals surface area (Å²) in [6, 6.07) is 21.7. The van der Waals surface area contributed by atoms with Crippen molar-refractivity contribution in [3.8, 4) is 17.2 Å². The Morgan fingerprint density at radius 2 is 1.45 bits per heavy atom. The van der Waals surface area contributed by atoms with E-state index in [2.05, 4.69) is 21.2 Å². The van der Waals surface area contributed by atoms with Gasteiger partial charge in [-0.05, 0) is 44.0 Å². The topological polar surface area (TPSA) is 77.1 Å². The van der Waals surface area contributed by atoms with Gasteiger partial charge in [0.15, 0.2) is 6.61 Å². The molecular formula is C30H35BrN2O5. The molecule has 0 fully saturated rings. The summed E-state index contributed by atoms with van der Waals surface area (Å²) in [4.78, 5) is 28.9. The second kappa shape index (κ2) is 13.3. The van der Waals surface area contributed by atoms with E-state index in [0.717, 1.165) is 15.6 Å². The lowest BCUT2D eigenvalue weighted by atomic mass is 10.0. The molecule has 0 aliphatic heterocycles. The van der Waals surface area contributed by atoms with E-state index in [4.69, 9.17) is 14.2 Å². The van der Waals surface area contributed by atoms with Crippen LogP contribution in [-0.4, -0.2) is 49.1 Å². The molecule has 0 spiro atoms. The highest BCUT2D eigenvalue weighted by molar-refractivity contribution is 9.10. The van der Waals surface area contributed by atoms with E-state index in [1.807, 2.05) is 75.4 Å². The lowest BCUT2D eigenvalue weighted by molar-refractivity contribution is -0.143. The third-order valence-corrected chi connectivity index (χ3v) is 6.25. The van der Waals surface area contributed by atoms with Crippen LogP contribution < -0.4 is 19.5 Å². The van der Waals surface area contributed by atoms with Crippen molar-refractivity contribution in [2.45, 2.75) is 45.3 Å². The molecular weight excluding hydrogens is 548 g/mol. The number of nitrogens with one attached hydrogen (secondary N) is 1. The van der Waals surface area contributed by atoms with Crippen molar-refractivity contribution in [2.75, 3.05) is 20.8 Å². The predicted octanol–water partition coefficient (Wildman–Crippen LogP) is 5.40. The molecule has 3 rings (SSSR count). The Labute approximate surface area is 233 Å². The van der Waals surface area contributed by atoms with Gasteiger partial charge in [-0.3, -0.25) is 9.59 Å². The third-order valence-electron chi connectivity index (χ3n) is 5.72. The van der Waals surface area contributed by atoms with Gasteiger partial charge >= 0.3 is 0 Å². The Kier molecular flexibility index (Phi) is 10.2. The summed E-state index contributed by atoms with van der Waals surface area (Å²) in [5, 5.41) is 3.06. The Morgan fingerprint density at radius 3 is 2.00 bits per heavy atom. The van der Waals surface area contributed by atoms with Gasteiger partial charge in [0.05, 0.1) is 14.2 Å². The monoisotopic (exact) mass is 582 g/mol. The number of hydrogen-bond acceptors (Lipinski definition) is 5. The van der Waals surface area contributed by atoms with E-state index in [1.54, 1.807) is 37.3 Å². The van der Waals surface area contributed by atoms with Gasteiger partial charge in [-0.1, -0.05) is 58.4 Å². The minimum absolute atomic E-state index is 0.227. The van der Waals surface area contributed by atoms with Gasteiger partial charge < -0.3 is 24.4 Å². The van der Waals surface area contributed by atoms with E-state index >= 15 is 0 Å². The summed E-state index contributed by atoms with van der Waals surface area (Å²) in [6.45, 7) is 5.74. The first-order valence-electron chi connectivity index (χ1n) is 12.3. The Bertz CT molecular complexity index is 1190. The van der Waals surface area contributed by atoms with Crippen molar-refractivity contribution >= 4 is 27.7 Å². The predicted molar refractivity (Wildman–Crippen MR) is 152 cm³/mol. The average molecular weight is 584 g/mol. The van der Waals surface area contributed by atoms with Gasteiger partial charge in [-0.25, -0.2) is 0 Å². The quantitative estimate of drug-likeness (QED) is 0.327. The zero-order chi connectivity index (χ0) is 27.7. The van der Waals surface area contributed by atoms with Crippen molar-refractivity contribution < 1.29 is 23.8 Å². The molecule has 0 bridgehead atoms. The largest absolute Gasteiger partial charge is 0.496 e. The van der Waals surface area contributed by atoms with Gasteiger partial charge in [0.1, 0.15) is 23.3 Å². The van der Waals surface area contributed by atoms with Gasteiger partial charge in [-0.15, -0.1) is 0 Å². The molecule has 0 aliphatic rings. The maximum atomic E-state index is 13.7. The number of rotatable bonds is 11. The highest BCUT2D eigenvalue weighted by Crippen LogP contribution is 2.27. The fourth-order valence-electron chi connectivity index (χ4n) is 3.89. The zero-order valence-electron chi connectivity index (χ0n) is 22.5. The third kappa shape index (κ3) is 8.80. The van der Waals surface area contributed by atoms with E-state index in [-0.39, 0.29) is 25.0 Å². The molecule has 0 saturated heterocycles. The van der Waals surface area contributed by atoms with Crippen molar-refractivity contribution in [3.05, 3.63) is 88.4 Å². The van der Waals surface area contributed by atoms with Crippen LogP contribution in [0.2, 0.25) is 0 Å². The second-order valence-electron chi connectivity index (χ2n) is 9.93. The molecule has 3 aromatic carbocycles. The van der Waals surface area contributed by atoms with Crippen LogP contribution in [0, 0.1) is 0 Å². The van der Waals surface area contributed by atoms with E-state index < -0.39 is 11.6 Å². The van der Waals surface area contributed by atoms with E-state index in [0.29, 0.717) is 23.7 Å². The summed E-state index contributed by atoms with van der Waals surface area (Å²) in [5.41, 5.74) is 1.38. The number of ether oxygens (including phenoxy) is 3. The van der Waals surface area contributed by atoms with Crippen molar-refractivity contribution in [3.63, 3.8) is 0 Å². The average Bonchev–Trinajstić information content (AvgIpc) is 2.89. The first-order chi connectivity index (χ1) is 18.1. The van der Waals surface area contributed by atoms with Crippen LogP contribution in [0.4, 0.5) is 0 Å². The van der Waals surface area contributed by atoms with Crippen LogP contribution in [0.3, 0.4) is 0 Å². The first-order valence-corrected chi connectivity index (χ1v) is 13.1. The van der Waals surface area contributed by atoms with Gasteiger partial charge in [0, 0.05) is 41.2 Å². The highest BCUT2D eigenvalue weighted by atomic mass is 79.9. The number of carbonyl (C=O) groups excluding carboxylic acids is 2. The minimum atomic E-state index is -0.754. The highest BCUT2D eigenvalue weighted by Gasteiger charge is 2.32. The van der Waals surface area contributed by atoms with Crippen LogP contribution in [0.1, 0.15) is 31.9 Å². The molecule has 0 radical (unpaired) electrons. The van der Waals surface area contributed by atoms with Gasteiger partial charge in [0.2, 0.25) is 5.91 Å². The normalized spacial score (nSPS) is 11.8. The van der Waals surface area contributed by atoms with Gasteiger partial charge in [-0.2, -0.15) is 0 Å². The molecule has 1 atom stereocenters. The van der Waals surface area contributed by atoms with Crippen molar-refractivity contribution in [1.82, 2.24) is 10.2 Å². The van der Waals surface area contributed by atoms with Crippen molar-refractivity contribution in [2.24, 2.45) is 0 Å². The molecule has 1 N–H and O–H groups in total. The molecule has 202 valence electrons. The maximum absolute atomic E-state index is 13.7. The van der Waals surface area contributed by atoms with Crippen LogP contribution in [0.5, 0.6) is 17.2 Å². The van der Waals surface area contributed by atoms with E-state index in [9.17, 15) is 9.59 Å². The van der Waals surface area contributed by atoms with E-state index in [1.165, 1.54) is 0 Å². The lowest BCUT2D eigenvalue weighted by Gasteiger charge is -2.33. The summed E-state index contributed by atoms with van der Waals surface area (Å²) >= 11 is 3.46. The maximum Gasteiger partial charge on any atom is 0.261 e. The van der Waals surface area contributed by atoms with Gasteiger partial charge in [0.25, 0.3) is 5.91 Å². The summed E-state index contributed by atoms with van der Waals surface area (Å²) < 4.78 is 17.4. The van der Waals surface area contributed by atoms with Crippen molar-refractivity contribution in [1.29, 1.82) is 0 Å². The minimum Gasteiger partial charge on any atom is -0.496 e. The molecule has 0 aliphatic carbocycles. The number of benzene rings is 3. The zero-order valence-corrected chi connectivity index (χ0v) is 24.1.